The van der Waals surface area contributed by atoms with Gasteiger partial charge in [-0.15, -0.1) is 0 Å². The van der Waals surface area contributed by atoms with E-state index in [0.29, 0.717) is 12.0 Å². The summed E-state index contributed by atoms with van der Waals surface area (Å²) in [6.07, 6.45) is 0. The van der Waals surface area contributed by atoms with E-state index in [1.54, 1.807) is 0 Å². The first-order valence-electron chi connectivity index (χ1n) is 5.18. The van der Waals surface area contributed by atoms with Crippen molar-refractivity contribution in [3.05, 3.63) is 33.3 Å². The van der Waals surface area contributed by atoms with E-state index in [1.807, 2.05) is 18.2 Å². The zero-order chi connectivity index (χ0) is 11.4. The van der Waals surface area contributed by atoms with E-state index < -0.39 is 0 Å². The summed E-state index contributed by atoms with van der Waals surface area (Å²) >= 11 is 9.52. The molecule has 0 radical (unpaired) electrons. The quantitative estimate of drug-likeness (QED) is 0.875. The van der Waals surface area contributed by atoms with Gasteiger partial charge < -0.3 is 5.32 Å². The Morgan fingerprint density at radius 3 is 2.53 bits per heavy atom. The lowest BCUT2D eigenvalue weighted by atomic mass is 10.1. The van der Waals surface area contributed by atoms with Crippen LogP contribution in [0.2, 0.25) is 5.02 Å². The lowest BCUT2D eigenvalue weighted by Gasteiger charge is -2.17. The first kappa shape index (κ1) is 13.0. The summed E-state index contributed by atoms with van der Waals surface area (Å²) in [6.45, 7) is 7.44. The maximum Gasteiger partial charge on any atom is 0.0462 e. The fourth-order valence-electron chi connectivity index (χ4n) is 1.17. The van der Waals surface area contributed by atoms with E-state index >= 15 is 0 Å². The molecule has 0 saturated heterocycles. The molecular formula is C12H17BrClN. The lowest BCUT2D eigenvalue weighted by Crippen LogP contribution is -2.30. The maximum atomic E-state index is 6.12. The van der Waals surface area contributed by atoms with Gasteiger partial charge in [0, 0.05) is 22.1 Å². The summed E-state index contributed by atoms with van der Waals surface area (Å²) in [5.74, 6) is 0.638. The van der Waals surface area contributed by atoms with Crippen molar-refractivity contribution >= 4 is 27.5 Å². The molecule has 1 rings (SSSR count). The van der Waals surface area contributed by atoms with Crippen LogP contribution in [0.25, 0.3) is 0 Å². The van der Waals surface area contributed by atoms with Crippen LogP contribution in [-0.2, 0) is 6.54 Å². The molecule has 0 aliphatic carbocycles. The van der Waals surface area contributed by atoms with Crippen LogP contribution in [0.3, 0.4) is 0 Å². The molecule has 1 atom stereocenters. The molecule has 1 aromatic rings. The molecule has 0 bridgehead atoms. The molecular weight excluding hydrogens is 273 g/mol. The minimum atomic E-state index is 0.504. The topological polar surface area (TPSA) is 12.0 Å². The molecule has 0 saturated carbocycles. The van der Waals surface area contributed by atoms with Crippen LogP contribution < -0.4 is 5.32 Å². The Labute approximate surface area is 105 Å². The molecule has 1 nitrogen and oxygen atoms in total. The average Bonchev–Trinajstić information content (AvgIpc) is 2.15. The number of benzene rings is 1. The minimum Gasteiger partial charge on any atom is -0.310 e. The van der Waals surface area contributed by atoms with Gasteiger partial charge >= 0.3 is 0 Å². The van der Waals surface area contributed by atoms with Gasteiger partial charge in [0.05, 0.1) is 0 Å². The van der Waals surface area contributed by atoms with E-state index in [2.05, 4.69) is 42.0 Å². The van der Waals surface area contributed by atoms with E-state index in [1.165, 1.54) is 0 Å². The number of nitrogens with one attached hydrogen (secondary N) is 1. The van der Waals surface area contributed by atoms with Crippen molar-refractivity contribution in [1.29, 1.82) is 0 Å². The van der Waals surface area contributed by atoms with Crippen molar-refractivity contribution in [3.8, 4) is 0 Å². The van der Waals surface area contributed by atoms with Gasteiger partial charge in [-0.1, -0.05) is 47.4 Å². The van der Waals surface area contributed by atoms with Crippen molar-refractivity contribution in [2.24, 2.45) is 5.92 Å². The Balaban J connectivity index is 2.58. The van der Waals surface area contributed by atoms with Crippen LogP contribution in [-0.4, -0.2) is 6.04 Å². The van der Waals surface area contributed by atoms with Gasteiger partial charge in [0.25, 0.3) is 0 Å². The third kappa shape index (κ3) is 4.13. The third-order valence-electron chi connectivity index (χ3n) is 2.63. The van der Waals surface area contributed by atoms with E-state index in [4.69, 9.17) is 11.6 Å². The third-order valence-corrected chi connectivity index (χ3v) is 3.47. The Kier molecular flexibility index (Phi) is 5.10. The van der Waals surface area contributed by atoms with Gasteiger partial charge in [-0.05, 0) is 30.5 Å². The van der Waals surface area contributed by atoms with Crippen LogP contribution >= 0.6 is 27.5 Å². The summed E-state index contributed by atoms with van der Waals surface area (Å²) in [5.41, 5.74) is 1.15. The predicted octanol–water partition coefficient (Wildman–Crippen LogP) is 4.24. The van der Waals surface area contributed by atoms with E-state index in [9.17, 15) is 0 Å². The SMILES string of the molecule is CC(C)[C@@H](C)NCc1ccc(Br)cc1Cl. The van der Waals surface area contributed by atoms with Crippen molar-refractivity contribution in [1.82, 2.24) is 5.32 Å². The number of hydrogen-bond donors (Lipinski definition) is 1. The second-order valence-corrected chi connectivity index (χ2v) is 5.47. The normalized spacial score (nSPS) is 13.2. The molecule has 0 aliphatic heterocycles. The largest absolute Gasteiger partial charge is 0.310 e. The standard InChI is InChI=1S/C12H17BrClN/c1-8(2)9(3)15-7-10-4-5-11(13)6-12(10)14/h4-6,8-9,15H,7H2,1-3H3/t9-/m1/s1. The van der Waals surface area contributed by atoms with Gasteiger partial charge in [0.1, 0.15) is 0 Å². The fourth-order valence-corrected chi connectivity index (χ4v) is 1.91. The Hall–Kier alpha value is -0.0500. The highest BCUT2D eigenvalue weighted by Gasteiger charge is 2.07. The molecule has 1 aromatic carbocycles. The van der Waals surface area contributed by atoms with Gasteiger partial charge in [0.2, 0.25) is 0 Å². The smallest absolute Gasteiger partial charge is 0.0462 e. The second-order valence-electron chi connectivity index (χ2n) is 4.15. The zero-order valence-corrected chi connectivity index (χ0v) is 11.7. The van der Waals surface area contributed by atoms with Crippen molar-refractivity contribution in [2.75, 3.05) is 0 Å². The minimum absolute atomic E-state index is 0.504. The Morgan fingerprint density at radius 2 is 2.00 bits per heavy atom. The first-order chi connectivity index (χ1) is 7.00. The van der Waals surface area contributed by atoms with Gasteiger partial charge in [-0.25, -0.2) is 0 Å². The number of rotatable bonds is 4. The summed E-state index contributed by atoms with van der Waals surface area (Å²) in [4.78, 5) is 0. The molecule has 0 unspecified atom stereocenters. The average molecular weight is 291 g/mol. The van der Waals surface area contributed by atoms with Crippen LogP contribution in [0, 0.1) is 5.92 Å². The van der Waals surface area contributed by atoms with Crippen LogP contribution in [0.1, 0.15) is 26.3 Å². The summed E-state index contributed by atoms with van der Waals surface area (Å²) in [6, 6.07) is 6.50. The molecule has 84 valence electrons. The lowest BCUT2D eigenvalue weighted by molar-refractivity contribution is 0.426. The van der Waals surface area contributed by atoms with Gasteiger partial charge in [0.15, 0.2) is 0 Å². The maximum absolute atomic E-state index is 6.12. The highest BCUT2D eigenvalue weighted by molar-refractivity contribution is 9.10. The summed E-state index contributed by atoms with van der Waals surface area (Å²) in [7, 11) is 0. The van der Waals surface area contributed by atoms with Crippen LogP contribution in [0.15, 0.2) is 22.7 Å². The first-order valence-corrected chi connectivity index (χ1v) is 6.35. The second kappa shape index (κ2) is 5.88. The molecule has 0 aliphatic rings. The molecule has 15 heavy (non-hydrogen) atoms. The Morgan fingerprint density at radius 1 is 1.33 bits per heavy atom. The number of halogens is 2. The van der Waals surface area contributed by atoms with Crippen LogP contribution in [0.4, 0.5) is 0 Å². The molecule has 0 amide bonds. The van der Waals surface area contributed by atoms with Crippen LogP contribution in [0.5, 0.6) is 0 Å². The molecule has 1 N–H and O–H groups in total. The highest BCUT2D eigenvalue weighted by Crippen LogP contribution is 2.21. The van der Waals surface area contributed by atoms with Gasteiger partial charge in [-0.3, -0.25) is 0 Å². The predicted molar refractivity (Wildman–Crippen MR) is 70.3 cm³/mol. The molecule has 0 aromatic heterocycles. The summed E-state index contributed by atoms with van der Waals surface area (Å²) < 4.78 is 1.02. The van der Waals surface area contributed by atoms with Crippen molar-refractivity contribution in [2.45, 2.75) is 33.4 Å². The zero-order valence-electron chi connectivity index (χ0n) is 9.35. The molecule has 0 fully saturated rings. The fraction of sp³-hybridized carbons (Fsp3) is 0.500. The van der Waals surface area contributed by atoms with Crippen molar-refractivity contribution < 1.29 is 0 Å². The molecule has 3 heteroatoms. The van der Waals surface area contributed by atoms with Gasteiger partial charge in [-0.2, -0.15) is 0 Å². The van der Waals surface area contributed by atoms with E-state index in [0.717, 1.165) is 21.6 Å². The monoisotopic (exact) mass is 289 g/mol. The van der Waals surface area contributed by atoms with Crippen molar-refractivity contribution in [3.63, 3.8) is 0 Å². The number of hydrogen-bond acceptors (Lipinski definition) is 1. The molecule has 0 spiro atoms. The molecule has 0 heterocycles. The Bertz CT molecular complexity index is 325. The highest BCUT2D eigenvalue weighted by atomic mass is 79.9. The van der Waals surface area contributed by atoms with E-state index in [-0.39, 0.29) is 0 Å². The summed E-state index contributed by atoms with van der Waals surface area (Å²) in [5, 5.41) is 4.27.